The van der Waals surface area contributed by atoms with E-state index in [9.17, 15) is 0 Å². The summed E-state index contributed by atoms with van der Waals surface area (Å²) in [5.74, 6) is 1.60. The number of rotatable bonds is 5. The van der Waals surface area contributed by atoms with Crippen molar-refractivity contribution >= 4 is 17.2 Å². The van der Waals surface area contributed by atoms with Gasteiger partial charge in [0.05, 0.1) is 6.04 Å². The molecule has 4 N–H and O–H groups in total. The zero-order valence-corrected chi connectivity index (χ0v) is 31.1. The third-order valence-electron chi connectivity index (χ3n) is 12.2. The van der Waals surface area contributed by atoms with Crippen LogP contribution in [0.5, 0.6) is 0 Å². The van der Waals surface area contributed by atoms with Gasteiger partial charge in [-0.1, -0.05) is 137 Å². The van der Waals surface area contributed by atoms with Crippen molar-refractivity contribution in [2.45, 2.75) is 56.8 Å². The Morgan fingerprint density at radius 1 is 0.556 bits per heavy atom. The Morgan fingerprint density at radius 3 is 1.85 bits per heavy atom. The predicted octanol–water partition coefficient (Wildman–Crippen LogP) is 9.79. The van der Waals surface area contributed by atoms with Crippen LogP contribution in [-0.4, -0.2) is 17.7 Å². The van der Waals surface area contributed by atoms with Crippen LogP contribution in [0.15, 0.2) is 156 Å². The summed E-state index contributed by atoms with van der Waals surface area (Å²) >= 11 is 0. The number of allylic oxidation sites excluding steroid dienone is 4. The molecule has 0 aromatic heterocycles. The summed E-state index contributed by atoms with van der Waals surface area (Å²) in [6, 6.07) is 37.8. The lowest BCUT2D eigenvalue weighted by molar-refractivity contribution is 0.656. The van der Waals surface area contributed by atoms with Crippen LogP contribution >= 0.6 is 0 Å². The number of aliphatic imine (C=N–C) groups is 2. The molecule has 2 unspecified atom stereocenters. The normalized spacial score (nSPS) is 21.9. The van der Waals surface area contributed by atoms with Gasteiger partial charge in [-0.3, -0.25) is 0 Å². The number of nitrogens with zero attached hydrogens (tertiary/aromatic N) is 2. The Hall–Kier alpha value is -6.04. The molecule has 0 saturated carbocycles. The van der Waals surface area contributed by atoms with Gasteiger partial charge >= 0.3 is 0 Å². The van der Waals surface area contributed by atoms with Crippen LogP contribution in [0.4, 0.5) is 0 Å². The lowest BCUT2D eigenvalue weighted by atomic mass is 9.82. The first-order chi connectivity index (χ1) is 26.2. The molecule has 0 spiro atoms. The summed E-state index contributed by atoms with van der Waals surface area (Å²) in [5.41, 5.74) is 23.3. The molecular weight excluding hydrogens is 659 g/mol. The summed E-state index contributed by atoms with van der Waals surface area (Å²) < 4.78 is 0. The third kappa shape index (κ3) is 5.03. The number of hydrogen-bond donors (Lipinski definition) is 3. The fraction of sp³-hybridized carbons (Fsp3) is 0.184. The van der Waals surface area contributed by atoms with Gasteiger partial charge in [0.1, 0.15) is 11.7 Å². The molecule has 2 aliphatic heterocycles. The van der Waals surface area contributed by atoms with E-state index in [1.807, 2.05) is 24.4 Å². The molecule has 54 heavy (non-hydrogen) atoms. The van der Waals surface area contributed by atoms with E-state index in [0.717, 1.165) is 45.1 Å². The molecule has 5 nitrogen and oxygen atoms in total. The Bertz CT molecular complexity index is 2590. The Labute approximate surface area is 317 Å². The summed E-state index contributed by atoms with van der Waals surface area (Å²) in [7, 11) is 0. The maximum absolute atomic E-state index is 6.60. The fourth-order valence-electron chi connectivity index (χ4n) is 9.20. The van der Waals surface area contributed by atoms with Gasteiger partial charge in [0, 0.05) is 28.0 Å². The van der Waals surface area contributed by atoms with Gasteiger partial charge in [0.2, 0.25) is 0 Å². The molecule has 0 radical (unpaired) electrons. The van der Waals surface area contributed by atoms with E-state index in [2.05, 4.69) is 160 Å². The lowest BCUT2D eigenvalue weighted by Crippen LogP contribution is -2.36. The standard InChI is InChI=1S/C49H43N5/c1-48(2)39-15-7-5-12-35(39)37-21-19-29(27-41(37)48)45-52-46(30-20-22-38-36-13-6-8-16-40(36)49(3,4)42(38)28-30)54-47(53-45)33-25-31(34-14-11-17-43(34)50)24-32(26-33)44-18-9-10-23-51-44/h5-28,43-45,51H,50H2,1-4H3,(H,52,53,54)/t43-,44?,45?/m0/s1. The maximum atomic E-state index is 6.60. The van der Waals surface area contributed by atoms with Gasteiger partial charge < -0.3 is 16.4 Å². The molecular formula is C49H43N5. The molecule has 3 atom stereocenters. The largest absolute Gasteiger partial charge is 0.381 e. The summed E-state index contributed by atoms with van der Waals surface area (Å²) in [6.45, 7) is 9.30. The average Bonchev–Trinajstić information content (AvgIpc) is 3.82. The second kappa shape index (κ2) is 12.0. The molecule has 0 saturated heterocycles. The minimum Gasteiger partial charge on any atom is -0.381 e. The van der Waals surface area contributed by atoms with Gasteiger partial charge in [0.15, 0.2) is 6.17 Å². The maximum Gasteiger partial charge on any atom is 0.169 e. The van der Waals surface area contributed by atoms with Gasteiger partial charge in [-0.25, -0.2) is 9.98 Å². The molecule has 0 amide bonds. The molecule has 5 aliphatic rings. The van der Waals surface area contributed by atoms with Crippen molar-refractivity contribution in [3.05, 3.63) is 196 Å². The van der Waals surface area contributed by atoms with Gasteiger partial charge in [-0.05, 0) is 103 Å². The van der Waals surface area contributed by atoms with Crippen molar-refractivity contribution in [2.75, 3.05) is 0 Å². The highest BCUT2D eigenvalue weighted by Crippen LogP contribution is 2.50. The predicted molar refractivity (Wildman–Crippen MR) is 223 cm³/mol. The second-order valence-corrected chi connectivity index (χ2v) is 16.1. The van der Waals surface area contributed by atoms with Crippen molar-refractivity contribution in [3.63, 3.8) is 0 Å². The number of nitrogens with one attached hydrogen (secondary N) is 2. The molecule has 5 aromatic rings. The number of benzene rings is 5. The second-order valence-electron chi connectivity index (χ2n) is 16.1. The zero-order chi connectivity index (χ0) is 36.8. The van der Waals surface area contributed by atoms with Gasteiger partial charge in [0.25, 0.3) is 0 Å². The van der Waals surface area contributed by atoms with Crippen LogP contribution in [0.2, 0.25) is 0 Å². The number of amidine groups is 2. The van der Waals surface area contributed by atoms with E-state index < -0.39 is 6.17 Å². The number of dihydropyridines is 1. The SMILES string of the molecule is CC1(C)c2ccccc2-c2ccc(C3=NC(c4ccc5c(c4)C(C)(C)c4ccccc4-5)N=C(c4cc(C5=CC=C[C@@H]5N)cc(C5C=CC=CN5)c4)N3)cc21. The van der Waals surface area contributed by atoms with Crippen LogP contribution in [-0.2, 0) is 10.8 Å². The highest BCUT2D eigenvalue weighted by atomic mass is 15.2. The zero-order valence-electron chi connectivity index (χ0n) is 31.1. The highest BCUT2D eigenvalue weighted by molar-refractivity contribution is 6.16. The molecule has 3 aliphatic carbocycles. The Balaban J connectivity index is 1.12. The first-order valence-corrected chi connectivity index (χ1v) is 19.0. The van der Waals surface area contributed by atoms with E-state index in [1.54, 1.807) is 0 Å². The minimum absolute atomic E-state index is 0.0224. The molecule has 0 fully saturated rings. The van der Waals surface area contributed by atoms with Crippen molar-refractivity contribution in [1.82, 2.24) is 10.6 Å². The van der Waals surface area contributed by atoms with E-state index in [4.69, 9.17) is 15.7 Å². The van der Waals surface area contributed by atoms with Crippen molar-refractivity contribution in [1.29, 1.82) is 0 Å². The minimum atomic E-state index is -0.447. The topological polar surface area (TPSA) is 74.8 Å². The summed E-state index contributed by atoms with van der Waals surface area (Å²) in [5, 5.41) is 7.27. The molecule has 5 aromatic carbocycles. The van der Waals surface area contributed by atoms with Crippen LogP contribution < -0.4 is 16.4 Å². The van der Waals surface area contributed by atoms with Crippen LogP contribution in [0.1, 0.15) is 90.0 Å². The van der Waals surface area contributed by atoms with E-state index in [-0.39, 0.29) is 22.9 Å². The summed E-state index contributed by atoms with van der Waals surface area (Å²) in [6.07, 6.45) is 14.1. The quantitative estimate of drug-likeness (QED) is 0.171. The van der Waals surface area contributed by atoms with E-state index >= 15 is 0 Å². The molecule has 5 heteroatoms. The monoisotopic (exact) mass is 701 g/mol. The summed E-state index contributed by atoms with van der Waals surface area (Å²) in [4.78, 5) is 10.8. The van der Waals surface area contributed by atoms with Crippen molar-refractivity contribution in [2.24, 2.45) is 15.7 Å². The van der Waals surface area contributed by atoms with Gasteiger partial charge in [-0.15, -0.1) is 0 Å². The lowest BCUT2D eigenvalue weighted by Gasteiger charge is -2.26. The fourth-order valence-corrected chi connectivity index (χ4v) is 9.20. The van der Waals surface area contributed by atoms with E-state index in [1.165, 1.54) is 44.5 Å². The first kappa shape index (κ1) is 32.6. The Morgan fingerprint density at radius 2 is 1.19 bits per heavy atom. The average molecular weight is 702 g/mol. The van der Waals surface area contributed by atoms with Crippen LogP contribution in [0.3, 0.4) is 0 Å². The van der Waals surface area contributed by atoms with Crippen LogP contribution in [0.25, 0.3) is 27.8 Å². The number of fused-ring (bicyclic) bond motifs is 6. The van der Waals surface area contributed by atoms with Crippen molar-refractivity contribution in [3.8, 4) is 22.3 Å². The molecule has 10 rings (SSSR count). The van der Waals surface area contributed by atoms with E-state index in [0.29, 0.717) is 0 Å². The van der Waals surface area contributed by atoms with Crippen LogP contribution in [0, 0.1) is 0 Å². The third-order valence-corrected chi connectivity index (χ3v) is 12.2. The smallest absolute Gasteiger partial charge is 0.169 e. The highest BCUT2D eigenvalue weighted by Gasteiger charge is 2.37. The number of hydrogen-bond acceptors (Lipinski definition) is 5. The van der Waals surface area contributed by atoms with Crippen molar-refractivity contribution < 1.29 is 0 Å². The first-order valence-electron chi connectivity index (χ1n) is 19.0. The molecule has 2 heterocycles. The number of nitrogens with two attached hydrogens (primary N) is 1. The van der Waals surface area contributed by atoms with Gasteiger partial charge in [-0.2, -0.15) is 0 Å². The Kier molecular flexibility index (Phi) is 7.24. The molecule has 0 bridgehead atoms. The molecule has 264 valence electrons.